The van der Waals surface area contributed by atoms with Crippen LogP contribution in [-0.4, -0.2) is 58.2 Å². The maximum Gasteiger partial charge on any atom is 0.436 e. The van der Waals surface area contributed by atoms with Crippen molar-refractivity contribution >= 4 is 56.9 Å². The fourth-order valence-electron chi connectivity index (χ4n) is 5.01. The molecule has 0 radical (unpaired) electrons. The Balaban J connectivity index is 1.37. The molecule has 2 aromatic carbocycles. The number of thiophene rings is 1. The van der Waals surface area contributed by atoms with Gasteiger partial charge in [0, 0.05) is 12.1 Å². The molecular weight excluding hydrogens is 574 g/mol. The highest BCUT2D eigenvalue weighted by Crippen LogP contribution is 2.33. The van der Waals surface area contributed by atoms with Crippen LogP contribution in [-0.2, 0) is 16.8 Å². The number of halogens is 1. The number of amides is 2. The van der Waals surface area contributed by atoms with Crippen LogP contribution in [0.2, 0.25) is 0 Å². The van der Waals surface area contributed by atoms with E-state index in [9.17, 15) is 14.4 Å². The number of rotatable bonds is 9. The van der Waals surface area contributed by atoms with E-state index >= 15 is 0 Å². The summed E-state index contributed by atoms with van der Waals surface area (Å²) in [5.41, 5.74) is 1.92. The molecule has 0 unspecified atom stereocenters. The van der Waals surface area contributed by atoms with Crippen LogP contribution in [0.25, 0.3) is 10.2 Å². The molecule has 0 spiro atoms. The molecule has 4 aromatic rings. The number of anilines is 1. The average molecular weight is 608 g/mol. The zero-order chi connectivity index (χ0) is 29.7. The van der Waals surface area contributed by atoms with Crippen LogP contribution in [0.4, 0.5) is 10.6 Å². The third-order valence-corrected chi connectivity index (χ3v) is 8.55. The molecule has 1 aliphatic rings. The maximum absolute atomic E-state index is 13.3. The topological polar surface area (TPSA) is 106 Å². The van der Waals surface area contributed by atoms with E-state index in [2.05, 4.69) is 20.6 Å². The number of nitrogens with zero attached hydrogens (tertiary/aromatic N) is 3. The van der Waals surface area contributed by atoms with Crippen molar-refractivity contribution in [3.8, 4) is 0 Å². The van der Waals surface area contributed by atoms with Crippen molar-refractivity contribution in [2.24, 2.45) is 0 Å². The van der Waals surface area contributed by atoms with Crippen LogP contribution in [0, 0.1) is 0 Å². The lowest BCUT2D eigenvalue weighted by molar-refractivity contribution is 0.0915. The smallest absolute Gasteiger partial charge is 0.436 e. The number of piperidine rings is 1. The van der Waals surface area contributed by atoms with Crippen molar-refractivity contribution in [3.63, 3.8) is 0 Å². The van der Waals surface area contributed by atoms with Crippen LogP contribution >= 0.6 is 22.9 Å². The Kier molecular flexibility index (Phi) is 9.25. The summed E-state index contributed by atoms with van der Waals surface area (Å²) in [6.07, 6.45) is 2.97. The highest BCUT2D eigenvalue weighted by Gasteiger charge is 2.27. The quantitative estimate of drug-likeness (QED) is 0.219. The minimum atomic E-state index is -0.748. The molecule has 1 fully saturated rings. The third kappa shape index (κ3) is 6.83. The Labute approximate surface area is 253 Å². The molecule has 1 aliphatic heterocycles. The fourth-order valence-corrected chi connectivity index (χ4v) is 6.09. The van der Waals surface area contributed by atoms with Gasteiger partial charge in [-0.2, -0.15) is 4.68 Å². The summed E-state index contributed by atoms with van der Waals surface area (Å²) < 4.78 is 6.25. The Morgan fingerprint density at radius 3 is 2.40 bits per heavy atom. The second kappa shape index (κ2) is 13.1. The number of fused-ring (bicyclic) bond motifs is 1. The van der Waals surface area contributed by atoms with Gasteiger partial charge in [-0.15, -0.1) is 28.0 Å². The van der Waals surface area contributed by atoms with Crippen molar-refractivity contribution in [2.75, 3.05) is 30.9 Å². The summed E-state index contributed by atoms with van der Waals surface area (Å²) in [6.45, 7) is 6.89. The third-order valence-electron chi connectivity index (χ3n) is 7.28. The average Bonchev–Trinajstić information content (AvgIpc) is 3.58. The molecule has 0 saturated carbocycles. The molecule has 3 heterocycles. The van der Waals surface area contributed by atoms with Crippen LogP contribution in [0.15, 0.2) is 60.7 Å². The van der Waals surface area contributed by atoms with Gasteiger partial charge < -0.3 is 15.4 Å². The summed E-state index contributed by atoms with van der Waals surface area (Å²) in [5, 5.41) is 10.7. The van der Waals surface area contributed by atoms with Gasteiger partial charge >= 0.3 is 6.09 Å². The van der Waals surface area contributed by atoms with Crippen LogP contribution in [0.1, 0.15) is 64.3 Å². The SMILES string of the molecule is CC(C)(NC(=O)c1cc2c(NC(=O)c3ccc(CN4CCCCC4)cc3)nn(C(=O)OCCCl)c2s1)c1ccccc1. The number of alkyl halides is 1. The van der Waals surface area contributed by atoms with E-state index in [0.717, 1.165) is 46.8 Å². The van der Waals surface area contributed by atoms with Gasteiger partial charge in [0.15, 0.2) is 5.82 Å². The molecule has 2 N–H and O–H groups in total. The lowest BCUT2D eigenvalue weighted by Gasteiger charge is -2.26. The molecule has 0 atom stereocenters. The molecule has 2 amide bonds. The molecule has 2 aromatic heterocycles. The zero-order valence-corrected chi connectivity index (χ0v) is 25.3. The number of carbonyl (C=O) groups excluding carboxylic acids is 3. The first-order valence-corrected chi connectivity index (χ1v) is 15.4. The fraction of sp³-hybridized carbons (Fsp3) is 0.355. The van der Waals surface area contributed by atoms with E-state index in [4.69, 9.17) is 16.3 Å². The molecule has 42 heavy (non-hydrogen) atoms. The lowest BCUT2D eigenvalue weighted by atomic mass is 9.94. The predicted octanol–water partition coefficient (Wildman–Crippen LogP) is 6.22. The van der Waals surface area contributed by atoms with Crippen molar-refractivity contribution in [2.45, 2.75) is 45.2 Å². The monoisotopic (exact) mass is 607 g/mol. The number of hydrogen-bond donors (Lipinski definition) is 2. The molecule has 220 valence electrons. The number of carbonyl (C=O) groups is 3. The van der Waals surface area contributed by atoms with Crippen LogP contribution in [0.5, 0.6) is 0 Å². The largest absolute Gasteiger partial charge is 0.447 e. The highest BCUT2D eigenvalue weighted by atomic mass is 35.5. The summed E-state index contributed by atoms with van der Waals surface area (Å²) >= 11 is 6.79. The van der Waals surface area contributed by atoms with Gasteiger partial charge in [-0.25, -0.2) is 4.79 Å². The Hall–Kier alpha value is -3.73. The number of likely N-dealkylation sites (tertiary alicyclic amines) is 1. The number of benzene rings is 2. The Morgan fingerprint density at radius 1 is 1.00 bits per heavy atom. The van der Waals surface area contributed by atoms with E-state index in [0.29, 0.717) is 20.7 Å². The highest BCUT2D eigenvalue weighted by molar-refractivity contribution is 7.20. The van der Waals surface area contributed by atoms with E-state index in [-0.39, 0.29) is 30.1 Å². The second-order valence-corrected chi connectivity index (χ2v) is 12.2. The maximum atomic E-state index is 13.3. The van der Waals surface area contributed by atoms with Crippen molar-refractivity contribution in [1.82, 2.24) is 20.0 Å². The van der Waals surface area contributed by atoms with E-state index in [1.807, 2.05) is 56.3 Å². The van der Waals surface area contributed by atoms with Crippen molar-refractivity contribution < 1.29 is 19.1 Å². The van der Waals surface area contributed by atoms with Crippen LogP contribution < -0.4 is 10.6 Å². The summed E-state index contributed by atoms with van der Waals surface area (Å²) in [4.78, 5) is 42.5. The van der Waals surface area contributed by atoms with Crippen molar-refractivity contribution in [1.29, 1.82) is 0 Å². The van der Waals surface area contributed by atoms with E-state index in [1.54, 1.807) is 18.2 Å². The Morgan fingerprint density at radius 2 is 1.71 bits per heavy atom. The van der Waals surface area contributed by atoms with E-state index in [1.165, 1.54) is 19.3 Å². The molecule has 0 bridgehead atoms. The van der Waals surface area contributed by atoms with Gasteiger partial charge in [0.2, 0.25) is 0 Å². The van der Waals surface area contributed by atoms with Gasteiger partial charge in [0.1, 0.15) is 11.4 Å². The van der Waals surface area contributed by atoms with Gasteiger partial charge in [0.25, 0.3) is 11.8 Å². The molecule has 5 rings (SSSR count). The van der Waals surface area contributed by atoms with Gasteiger partial charge in [-0.1, -0.05) is 48.9 Å². The minimum absolute atomic E-state index is 0.00278. The first-order valence-electron chi connectivity index (χ1n) is 14.0. The van der Waals surface area contributed by atoms with Gasteiger partial charge in [-0.3, -0.25) is 14.5 Å². The molecule has 1 saturated heterocycles. The predicted molar refractivity (Wildman–Crippen MR) is 166 cm³/mol. The number of nitrogens with one attached hydrogen (secondary N) is 2. The second-order valence-electron chi connectivity index (χ2n) is 10.8. The summed E-state index contributed by atoms with van der Waals surface area (Å²) in [5.74, 6) is -0.400. The number of hydrogen-bond acceptors (Lipinski definition) is 7. The normalized spacial score (nSPS) is 14.1. The lowest BCUT2D eigenvalue weighted by Crippen LogP contribution is -2.40. The molecule has 9 nitrogen and oxygen atoms in total. The molecular formula is C31H34ClN5O4S. The van der Waals surface area contributed by atoms with Gasteiger partial charge in [-0.05, 0) is 69.1 Å². The number of ether oxygens (including phenoxy) is 1. The number of aromatic nitrogens is 2. The standard InChI is InChI=1S/C31H34ClN5O4S/c1-31(2,23-9-5-3-6-10-23)34-28(39)25-19-24-26(35-37(29(24)42-25)30(40)41-18-15-32)33-27(38)22-13-11-21(12-14-22)20-36-16-7-4-8-17-36/h3,5-6,9-14,19H,4,7-8,15-18,20H2,1-2H3,(H,34,39)(H,33,35,38). The summed E-state index contributed by atoms with van der Waals surface area (Å²) in [7, 11) is 0. The molecule has 0 aliphatic carbocycles. The first-order chi connectivity index (χ1) is 20.2. The Bertz CT molecular complexity index is 1560. The summed E-state index contributed by atoms with van der Waals surface area (Å²) in [6, 6.07) is 18.8. The molecule has 11 heteroatoms. The minimum Gasteiger partial charge on any atom is -0.447 e. The van der Waals surface area contributed by atoms with E-state index < -0.39 is 11.6 Å². The van der Waals surface area contributed by atoms with Crippen LogP contribution in [0.3, 0.4) is 0 Å². The van der Waals surface area contributed by atoms with Gasteiger partial charge in [0.05, 0.1) is 21.7 Å². The first kappa shape index (κ1) is 29.8. The van der Waals surface area contributed by atoms with Crippen molar-refractivity contribution in [3.05, 3.63) is 82.2 Å². The zero-order valence-electron chi connectivity index (χ0n) is 23.7.